The van der Waals surface area contributed by atoms with Gasteiger partial charge in [-0.25, -0.2) is 5.43 Å². The molecule has 0 atom stereocenters. The molecule has 6 nitrogen and oxygen atoms in total. The second kappa shape index (κ2) is 9.61. The van der Waals surface area contributed by atoms with Crippen LogP contribution in [0.15, 0.2) is 59.7 Å². The standard InChI is InChI=1S/C22H20Cl2N4O2/c1-14-11-17(15(2)28(14)20-9-7-19(24)8-10-20)13-26-27-22(30)21(29)25-12-16-3-5-18(23)6-4-16/h3-11,13H,12H2,1-2H3,(H,25,29)(H,27,30)/b26-13-. The van der Waals surface area contributed by atoms with Crippen molar-refractivity contribution in [3.8, 4) is 5.69 Å². The summed E-state index contributed by atoms with van der Waals surface area (Å²) in [5, 5.41) is 7.72. The van der Waals surface area contributed by atoms with Crippen LogP contribution in [-0.2, 0) is 16.1 Å². The fourth-order valence-electron chi connectivity index (χ4n) is 2.98. The Balaban J connectivity index is 1.60. The number of hydrogen-bond donors (Lipinski definition) is 2. The van der Waals surface area contributed by atoms with Gasteiger partial charge in [-0.3, -0.25) is 9.59 Å². The summed E-state index contributed by atoms with van der Waals surface area (Å²) >= 11 is 11.8. The molecule has 0 radical (unpaired) electrons. The van der Waals surface area contributed by atoms with Crippen molar-refractivity contribution in [1.29, 1.82) is 0 Å². The van der Waals surface area contributed by atoms with Crippen LogP contribution in [0.1, 0.15) is 22.5 Å². The Kier molecular flexibility index (Phi) is 6.92. The van der Waals surface area contributed by atoms with Gasteiger partial charge in [0.1, 0.15) is 0 Å². The SMILES string of the molecule is Cc1cc(/C=N\NC(=O)C(=O)NCc2ccc(Cl)cc2)c(C)n1-c1ccc(Cl)cc1. The van der Waals surface area contributed by atoms with Crippen molar-refractivity contribution < 1.29 is 9.59 Å². The van der Waals surface area contributed by atoms with Crippen LogP contribution in [0.3, 0.4) is 0 Å². The van der Waals surface area contributed by atoms with Crippen LogP contribution >= 0.6 is 23.2 Å². The highest BCUT2D eigenvalue weighted by molar-refractivity contribution is 6.35. The first kappa shape index (κ1) is 21.6. The average molecular weight is 443 g/mol. The van der Waals surface area contributed by atoms with Gasteiger partial charge >= 0.3 is 11.8 Å². The van der Waals surface area contributed by atoms with Crippen molar-refractivity contribution in [2.75, 3.05) is 0 Å². The van der Waals surface area contributed by atoms with Crippen molar-refractivity contribution >= 4 is 41.2 Å². The molecule has 3 rings (SSSR count). The maximum atomic E-state index is 11.9. The number of hydrogen-bond acceptors (Lipinski definition) is 3. The molecule has 0 unspecified atom stereocenters. The van der Waals surface area contributed by atoms with Gasteiger partial charge in [0.25, 0.3) is 0 Å². The molecule has 0 spiro atoms. The molecular weight excluding hydrogens is 423 g/mol. The van der Waals surface area contributed by atoms with E-state index in [4.69, 9.17) is 23.2 Å². The van der Waals surface area contributed by atoms with Gasteiger partial charge in [-0.05, 0) is 61.9 Å². The highest BCUT2D eigenvalue weighted by Crippen LogP contribution is 2.21. The fourth-order valence-corrected chi connectivity index (χ4v) is 3.23. The van der Waals surface area contributed by atoms with E-state index < -0.39 is 11.8 Å². The minimum atomic E-state index is -0.841. The lowest BCUT2D eigenvalue weighted by Gasteiger charge is -2.09. The zero-order valence-electron chi connectivity index (χ0n) is 16.4. The number of carbonyl (C=O) groups excluding carboxylic acids is 2. The van der Waals surface area contributed by atoms with Crippen LogP contribution in [-0.4, -0.2) is 22.6 Å². The molecule has 0 bridgehead atoms. The molecule has 2 aromatic carbocycles. The monoisotopic (exact) mass is 442 g/mol. The molecule has 2 amide bonds. The molecule has 0 aliphatic rings. The predicted octanol–water partition coefficient (Wildman–Crippen LogP) is 4.17. The summed E-state index contributed by atoms with van der Waals surface area (Å²) in [6.45, 7) is 4.14. The van der Waals surface area contributed by atoms with Gasteiger partial charge in [0.05, 0.1) is 6.21 Å². The van der Waals surface area contributed by atoms with Crippen LogP contribution in [0.5, 0.6) is 0 Å². The Morgan fingerprint density at radius 3 is 2.20 bits per heavy atom. The van der Waals surface area contributed by atoms with Crippen LogP contribution in [0, 0.1) is 13.8 Å². The molecule has 1 aromatic heterocycles. The molecular formula is C22H20Cl2N4O2. The lowest BCUT2D eigenvalue weighted by molar-refractivity contribution is -0.139. The Morgan fingerprint density at radius 2 is 1.57 bits per heavy atom. The molecule has 0 aliphatic heterocycles. The minimum Gasteiger partial charge on any atom is -0.344 e. The van der Waals surface area contributed by atoms with E-state index in [0.717, 1.165) is 28.2 Å². The van der Waals surface area contributed by atoms with Crippen molar-refractivity contribution in [3.05, 3.63) is 87.2 Å². The predicted molar refractivity (Wildman–Crippen MR) is 119 cm³/mol. The minimum absolute atomic E-state index is 0.218. The van der Waals surface area contributed by atoms with E-state index in [2.05, 4.69) is 20.4 Å². The summed E-state index contributed by atoms with van der Waals surface area (Å²) < 4.78 is 2.05. The summed E-state index contributed by atoms with van der Waals surface area (Å²) in [5.74, 6) is -1.61. The molecule has 0 saturated heterocycles. The van der Waals surface area contributed by atoms with Crippen molar-refractivity contribution in [2.45, 2.75) is 20.4 Å². The number of nitrogens with zero attached hydrogens (tertiary/aromatic N) is 2. The van der Waals surface area contributed by atoms with Crippen LogP contribution in [0.4, 0.5) is 0 Å². The maximum absolute atomic E-state index is 11.9. The number of nitrogens with one attached hydrogen (secondary N) is 2. The zero-order chi connectivity index (χ0) is 21.7. The van der Waals surface area contributed by atoms with Gasteiger partial charge in [-0.15, -0.1) is 0 Å². The van der Waals surface area contributed by atoms with Crippen molar-refractivity contribution in [1.82, 2.24) is 15.3 Å². The van der Waals surface area contributed by atoms with E-state index in [-0.39, 0.29) is 6.54 Å². The average Bonchev–Trinajstić information content (AvgIpc) is 3.01. The number of aromatic nitrogens is 1. The largest absolute Gasteiger partial charge is 0.344 e. The number of rotatable bonds is 5. The number of hydrazone groups is 1. The lowest BCUT2D eigenvalue weighted by Crippen LogP contribution is -2.37. The van der Waals surface area contributed by atoms with E-state index >= 15 is 0 Å². The van der Waals surface area contributed by atoms with E-state index in [1.165, 1.54) is 6.21 Å². The number of carbonyl (C=O) groups is 2. The number of amides is 2. The van der Waals surface area contributed by atoms with Gasteiger partial charge in [0, 0.05) is 39.2 Å². The van der Waals surface area contributed by atoms with Crippen LogP contribution < -0.4 is 10.7 Å². The van der Waals surface area contributed by atoms with Crippen LogP contribution in [0.2, 0.25) is 10.0 Å². The molecule has 30 heavy (non-hydrogen) atoms. The molecule has 2 N–H and O–H groups in total. The van der Waals surface area contributed by atoms with E-state index in [1.807, 2.05) is 44.2 Å². The summed E-state index contributed by atoms with van der Waals surface area (Å²) in [7, 11) is 0. The summed E-state index contributed by atoms with van der Waals surface area (Å²) in [6, 6.07) is 16.4. The molecule has 1 heterocycles. The van der Waals surface area contributed by atoms with Gasteiger partial charge in [0.15, 0.2) is 0 Å². The van der Waals surface area contributed by atoms with Gasteiger partial charge in [-0.2, -0.15) is 5.10 Å². The highest BCUT2D eigenvalue weighted by Gasteiger charge is 2.13. The second-order valence-corrected chi connectivity index (χ2v) is 7.52. The summed E-state index contributed by atoms with van der Waals surface area (Å²) in [4.78, 5) is 23.9. The summed E-state index contributed by atoms with van der Waals surface area (Å²) in [5.41, 5.74) is 6.83. The fraction of sp³-hybridized carbons (Fsp3) is 0.136. The number of aryl methyl sites for hydroxylation is 1. The topological polar surface area (TPSA) is 75.5 Å². The Labute approximate surface area is 184 Å². The van der Waals surface area contributed by atoms with Gasteiger partial charge in [0.2, 0.25) is 0 Å². The zero-order valence-corrected chi connectivity index (χ0v) is 18.0. The quantitative estimate of drug-likeness (QED) is 0.353. The van der Waals surface area contributed by atoms with Crippen molar-refractivity contribution in [3.63, 3.8) is 0 Å². The van der Waals surface area contributed by atoms with Gasteiger partial charge < -0.3 is 9.88 Å². The highest BCUT2D eigenvalue weighted by atomic mass is 35.5. The molecule has 8 heteroatoms. The number of benzene rings is 2. The molecule has 0 saturated carbocycles. The molecule has 154 valence electrons. The molecule has 0 aliphatic carbocycles. The number of halogens is 2. The molecule has 3 aromatic rings. The summed E-state index contributed by atoms with van der Waals surface area (Å²) in [6.07, 6.45) is 1.51. The normalized spacial score (nSPS) is 10.9. The van der Waals surface area contributed by atoms with E-state index in [9.17, 15) is 9.59 Å². The van der Waals surface area contributed by atoms with Crippen LogP contribution in [0.25, 0.3) is 5.69 Å². The first-order valence-corrected chi connectivity index (χ1v) is 9.91. The Morgan fingerprint density at radius 1 is 0.967 bits per heavy atom. The third-order valence-electron chi connectivity index (χ3n) is 4.50. The van der Waals surface area contributed by atoms with E-state index in [1.54, 1.807) is 24.3 Å². The van der Waals surface area contributed by atoms with Crippen molar-refractivity contribution in [2.24, 2.45) is 5.10 Å². The maximum Gasteiger partial charge on any atom is 0.329 e. The third-order valence-corrected chi connectivity index (χ3v) is 5.00. The molecule has 0 fully saturated rings. The first-order chi connectivity index (χ1) is 14.3. The third kappa shape index (κ3) is 5.28. The first-order valence-electron chi connectivity index (χ1n) is 9.15. The lowest BCUT2D eigenvalue weighted by atomic mass is 10.2. The Hall–Kier alpha value is -3.09. The Bertz CT molecular complexity index is 1090. The second-order valence-electron chi connectivity index (χ2n) is 6.65. The van der Waals surface area contributed by atoms with E-state index in [0.29, 0.717) is 10.0 Å². The smallest absolute Gasteiger partial charge is 0.329 e. The van der Waals surface area contributed by atoms with Gasteiger partial charge in [-0.1, -0.05) is 35.3 Å².